The predicted molar refractivity (Wildman–Crippen MR) is 61.5 cm³/mol. The zero-order chi connectivity index (χ0) is 11.6. The molecule has 0 aromatic heterocycles. The molecule has 0 heterocycles. The van der Waals surface area contributed by atoms with E-state index in [1.807, 2.05) is 0 Å². The summed E-state index contributed by atoms with van der Waals surface area (Å²) in [6.45, 7) is 2.68. The first-order valence-corrected chi connectivity index (χ1v) is 6.70. The first-order chi connectivity index (χ1) is 6.87. The van der Waals surface area contributed by atoms with E-state index in [1.165, 1.54) is 19.9 Å². The highest BCUT2D eigenvalue weighted by Gasteiger charge is 2.28. The van der Waals surface area contributed by atoms with Gasteiger partial charge < -0.3 is 0 Å². The predicted octanol–water partition coefficient (Wildman–Crippen LogP) is 2.20. The number of halogens is 1. The Morgan fingerprint density at radius 3 is 2.33 bits per heavy atom. The van der Waals surface area contributed by atoms with E-state index in [-0.39, 0.29) is 10.7 Å². The normalized spacial score (nSPS) is 13.5. The van der Waals surface area contributed by atoms with E-state index in [1.54, 1.807) is 18.2 Å². The van der Waals surface area contributed by atoms with Crippen molar-refractivity contribution in [2.75, 3.05) is 0 Å². The maximum atomic E-state index is 11.9. The number of sulfone groups is 1. The van der Waals surface area contributed by atoms with Crippen molar-refractivity contribution >= 4 is 31.6 Å². The summed E-state index contributed by atoms with van der Waals surface area (Å²) in [5, 5.41) is -1.00. The van der Waals surface area contributed by atoms with Crippen LogP contribution in [0.5, 0.6) is 0 Å². The molecule has 15 heavy (non-hydrogen) atoms. The number of ketones is 1. The Morgan fingerprint density at radius 2 is 1.87 bits per heavy atom. The Morgan fingerprint density at radius 1 is 1.33 bits per heavy atom. The minimum Gasteiger partial charge on any atom is -0.299 e. The lowest BCUT2D eigenvalue weighted by Gasteiger charge is -2.10. The van der Waals surface area contributed by atoms with Gasteiger partial charge >= 0.3 is 0 Å². The van der Waals surface area contributed by atoms with Gasteiger partial charge in [0, 0.05) is 4.47 Å². The molecule has 0 fully saturated rings. The quantitative estimate of drug-likeness (QED) is 0.858. The lowest BCUT2D eigenvalue weighted by molar-refractivity contribution is -0.116. The zero-order valence-electron chi connectivity index (χ0n) is 8.40. The van der Waals surface area contributed by atoms with Gasteiger partial charge in [0.25, 0.3) is 0 Å². The minimum absolute atomic E-state index is 0.160. The highest BCUT2D eigenvalue weighted by Crippen LogP contribution is 2.25. The van der Waals surface area contributed by atoms with Crippen molar-refractivity contribution < 1.29 is 13.2 Å². The SMILES string of the molecule is CC(=O)C(C)S(=O)(=O)c1ccccc1Br. The van der Waals surface area contributed by atoms with Crippen molar-refractivity contribution in [3.05, 3.63) is 28.7 Å². The molecule has 0 bridgehead atoms. The van der Waals surface area contributed by atoms with Crippen molar-refractivity contribution in [2.45, 2.75) is 24.0 Å². The lowest BCUT2D eigenvalue weighted by atomic mass is 10.3. The van der Waals surface area contributed by atoms with E-state index in [0.29, 0.717) is 4.47 Å². The van der Waals surface area contributed by atoms with E-state index in [4.69, 9.17) is 0 Å². The molecule has 1 rings (SSSR count). The molecule has 0 aliphatic rings. The second-order valence-electron chi connectivity index (χ2n) is 3.23. The number of carbonyl (C=O) groups excluding carboxylic acids is 1. The van der Waals surface area contributed by atoms with Crippen LogP contribution in [-0.2, 0) is 14.6 Å². The van der Waals surface area contributed by atoms with Crippen LogP contribution in [-0.4, -0.2) is 19.5 Å². The molecule has 0 saturated carbocycles. The van der Waals surface area contributed by atoms with Crippen molar-refractivity contribution in [1.29, 1.82) is 0 Å². The van der Waals surface area contributed by atoms with Crippen LogP contribution >= 0.6 is 15.9 Å². The summed E-state index contributed by atoms with van der Waals surface area (Å²) >= 11 is 3.16. The molecule has 5 heteroatoms. The summed E-state index contributed by atoms with van der Waals surface area (Å²) in [7, 11) is -3.57. The number of rotatable bonds is 3. The van der Waals surface area contributed by atoms with Gasteiger partial charge in [-0.05, 0) is 41.9 Å². The van der Waals surface area contributed by atoms with Gasteiger partial charge in [0.15, 0.2) is 9.84 Å². The van der Waals surface area contributed by atoms with Gasteiger partial charge in [-0.25, -0.2) is 8.42 Å². The molecule has 1 aromatic carbocycles. The largest absolute Gasteiger partial charge is 0.299 e. The van der Waals surface area contributed by atoms with E-state index in [0.717, 1.165) is 0 Å². The zero-order valence-corrected chi connectivity index (χ0v) is 10.8. The Balaban J connectivity index is 3.30. The van der Waals surface area contributed by atoms with Gasteiger partial charge in [0.1, 0.15) is 11.0 Å². The molecule has 1 aromatic rings. The Labute approximate surface area is 97.5 Å². The molecule has 0 radical (unpaired) electrons. The second kappa shape index (κ2) is 4.45. The van der Waals surface area contributed by atoms with Crippen molar-refractivity contribution in [1.82, 2.24) is 0 Å². The van der Waals surface area contributed by atoms with Crippen LogP contribution in [0.25, 0.3) is 0 Å². The molecule has 3 nitrogen and oxygen atoms in total. The molecule has 0 aliphatic carbocycles. The summed E-state index contributed by atoms with van der Waals surface area (Å²) in [6, 6.07) is 6.48. The van der Waals surface area contributed by atoms with Crippen molar-refractivity contribution in [3.63, 3.8) is 0 Å². The number of hydrogen-bond acceptors (Lipinski definition) is 3. The molecule has 0 spiro atoms. The van der Waals surface area contributed by atoms with Crippen molar-refractivity contribution in [2.24, 2.45) is 0 Å². The monoisotopic (exact) mass is 290 g/mol. The molecule has 0 saturated heterocycles. The van der Waals surface area contributed by atoms with Crippen LogP contribution in [0.1, 0.15) is 13.8 Å². The number of benzene rings is 1. The molecule has 82 valence electrons. The van der Waals surface area contributed by atoms with Crippen LogP contribution in [0, 0.1) is 0 Å². The average Bonchev–Trinajstić information content (AvgIpc) is 2.16. The topological polar surface area (TPSA) is 51.2 Å². The first-order valence-electron chi connectivity index (χ1n) is 4.36. The van der Waals surface area contributed by atoms with E-state index in [9.17, 15) is 13.2 Å². The van der Waals surface area contributed by atoms with E-state index in [2.05, 4.69) is 15.9 Å². The number of Topliss-reactive ketones (excluding diaryl/α,β-unsaturated/α-hetero) is 1. The average molecular weight is 291 g/mol. The van der Waals surface area contributed by atoms with Crippen LogP contribution in [0.4, 0.5) is 0 Å². The Kier molecular flexibility index (Phi) is 3.67. The maximum Gasteiger partial charge on any atom is 0.189 e. The molecule has 0 amide bonds. The van der Waals surface area contributed by atoms with Gasteiger partial charge in [-0.3, -0.25) is 4.79 Å². The molecular formula is C10H11BrO3S. The molecule has 1 unspecified atom stereocenters. The standard InChI is InChI=1S/C10H11BrO3S/c1-7(12)8(2)15(13,14)10-6-4-3-5-9(10)11/h3-6,8H,1-2H3. The highest BCUT2D eigenvalue weighted by atomic mass is 79.9. The third-order valence-electron chi connectivity index (χ3n) is 2.18. The van der Waals surface area contributed by atoms with E-state index >= 15 is 0 Å². The van der Waals surface area contributed by atoms with Crippen LogP contribution < -0.4 is 0 Å². The lowest BCUT2D eigenvalue weighted by Crippen LogP contribution is -2.25. The minimum atomic E-state index is -3.57. The highest BCUT2D eigenvalue weighted by molar-refractivity contribution is 9.10. The Hall–Kier alpha value is -0.680. The van der Waals surface area contributed by atoms with Crippen molar-refractivity contribution in [3.8, 4) is 0 Å². The summed E-state index contributed by atoms with van der Waals surface area (Å²) < 4.78 is 24.4. The molecule has 1 atom stereocenters. The fourth-order valence-electron chi connectivity index (χ4n) is 1.08. The molecule has 0 aliphatic heterocycles. The summed E-state index contributed by atoms with van der Waals surface area (Å²) in [4.78, 5) is 11.2. The third kappa shape index (κ3) is 2.46. The first kappa shape index (κ1) is 12.4. The van der Waals surface area contributed by atoms with Gasteiger partial charge in [-0.15, -0.1) is 0 Å². The van der Waals surface area contributed by atoms with Gasteiger partial charge in [0.2, 0.25) is 0 Å². The maximum absolute atomic E-state index is 11.9. The van der Waals surface area contributed by atoms with Gasteiger partial charge in [-0.1, -0.05) is 12.1 Å². The summed E-state index contributed by atoms with van der Waals surface area (Å²) in [6.07, 6.45) is 0. The van der Waals surface area contributed by atoms with Gasteiger partial charge in [-0.2, -0.15) is 0 Å². The molecule has 0 N–H and O–H groups in total. The smallest absolute Gasteiger partial charge is 0.189 e. The van der Waals surface area contributed by atoms with E-state index < -0.39 is 15.1 Å². The van der Waals surface area contributed by atoms with Crippen LogP contribution in [0.2, 0.25) is 0 Å². The number of hydrogen-bond donors (Lipinski definition) is 0. The third-order valence-corrected chi connectivity index (χ3v) is 5.37. The fraction of sp³-hybridized carbons (Fsp3) is 0.300. The van der Waals surface area contributed by atoms with Gasteiger partial charge in [0.05, 0.1) is 4.90 Å². The summed E-state index contributed by atoms with van der Waals surface area (Å²) in [5.41, 5.74) is 0. The second-order valence-corrected chi connectivity index (χ2v) is 6.32. The van der Waals surface area contributed by atoms with Crippen LogP contribution in [0.15, 0.2) is 33.6 Å². The molecular weight excluding hydrogens is 280 g/mol. The fourth-order valence-corrected chi connectivity index (χ4v) is 3.47. The summed E-state index contributed by atoms with van der Waals surface area (Å²) in [5.74, 6) is -0.356. The number of carbonyl (C=O) groups is 1. The van der Waals surface area contributed by atoms with Crippen LogP contribution in [0.3, 0.4) is 0 Å². The Bertz CT molecular complexity index is 479.